The molecule has 0 saturated heterocycles. The van der Waals surface area contributed by atoms with Gasteiger partial charge in [-0.15, -0.1) is 0 Å². The second-order valence-electron chi connectivity index (χ2n) is 3.00. The summed E-state index contributed by atoms with van der Waals surface area (Å²) in [6.45, 7) is 2.27. The van der Waals surface area contributed by atoms with Gasteiger partial charge in [0.25, 0.3) is 0 Å². The van der Waals surface area contributed by atoms with Crippen molar-refractivity contribution in [2.45, 2.75) is 30.6 Å². The van der Waals surface area contributed by atoms with Crippen molar-refractivity contribution in [3.8, 4) is 0 Å². The summed E-state index contributed by atoms with van der Waals surface area (Å²) < 4.78 is 3.17. The summed E-state index contributed by atoms with van der Waals surface area (Å²) in [5.74, 6) is 0. The van der Waals surface area contributed by atoms with Crippen LogP contribution in [-0.4, -0.2) is 21.1 Å². The summed E-state index contributed by atoms with van der Waals surface area (Å²) in [4.78, 5) is 0. The zero-order valence-corrected chi connectivity index (χ0v) is 10.6. The van der Waals surface area contributed by atoms with Crippen LogP contribution < -0.4 is 3.58 Å². The van der Waals surface area contributed by atoms with E-state index < -0.39 is 0 Å². The Hall–Kier alpha value is 0.0187. The molecule has 0 aliphatic rings. The molecule has 0 amide bonds. The summed E-state index contributed by atoms with van der Waals surface area (Å²) in [5.41, 5.74) is 0. The third kappa shape index (κ3) is 4.15. The second-order valence-corrected chi connectivity index (χ2v) is 7.08. The molecule has 0 nitrogen and oxygen atoms in total. The van der Waals surface area contributed by atoms with Gasteiger partial charge >= 0.3 is 85.7 Å². The number of hydrogen-bond donors (Lipinski definition) is 0. The summed E-state index contributed by atoms with van der Waals surface area (Å²) in [6.07, 6.45) is 4.24. The van der Waals surface area contributed by atoms with Gasteiger partial charge in [-0.1, -0.05) is 0 Å². The molecule has 0 heterocycles. The quantitative estimate of drug-likeness (QED) is 0.568. The van der Waals surface area contributed by atoms with Gasteiger partial charge in [-0.3, -0.25) is 0 Å². The van der Waals surface area contributed by atoms with Gasteiger partial charge in [0.05, 0.1) is 0 Å². The molecule has 1 heteroatoms. The van der Waals surface area contributed by atoms with Crippen LogP contribution in [-0.2, 0) is 0 Å². The first-order valence-corrected chi connectivity index (χ1v) is 8.17. The van der Waals surface area contributed by atoms with E-state index in [1.54, 1.807) is 3.58 Å². The predicted octanol–water partition coefficient (Wildman–Crippen LogP) is 2.62. The third-order valence-corrected chi connectivity index (χ3v) is 5.72. The Morgan fingerprint density at radius 1 is 1.08 bits per heavy atom. The molecule has 1 aromatic rings. The molecule has 0 fully saturated rings. The zero-order valence-electron chi connectivity index (χ0n) is 7.72. The SMILES string of the molecule is CCCC[CH2][Sn][c]1ccccc1. The number of benzene rings is 1. The van der Waals surface area contributed by atoms with E-state index in [4.69, 9.17) is 0 Å². The van der Waals surface area contributed by atoms with Gasteiger partial charge in [0.2, 0.25) is 0 Å². The molecule has 0 spiro atoms. The first kappa shape index (κ1) is 10.1. The van der Waals surface area contributed by atoms with E-state index >= 15 is 0 Å². The molecule has 0 bridgehead atoms. The molecule has 1 rings (SSSR count). The van der Waals surface area contributed by atoms with Crippen molar-refractivity contribution in [3.63, 3.8) is 0 Å². The average Bonchev–Trinajstić information content (AvgIpc) is 2.14. The van der Waals surface area contributed by atoms with Gasteiger partial charge in [-0.2, -0.15) is 0 Å². The van der Waals surface area contributed by atoms with Crippen LogP contribution in [0, 0.1) is 0 Å². The number of hydrogen-bond acceptors (Lipinski definition) is 0. The molecule has 0 aromatic heterocycles. The number of rotatable bonds is 5. The standard InChI is InChI=1S/C6H5.C5H11.Sn/c1-2-4-6-5-3-1;1-3-5-4-2;/h1-5H;1,3-5H2,2H3;. The maximum absolute atomic E-state index is 2.29. The Labute approximate surface area is 85.6 Å². The van der Waals surface area contributed by atoms with E-state index in [9.17, 15) is 0 Å². The summed E-state index contributed by atoms with van der Waals surface area (Å²) in [7, 11) is 0. The first-order chi connectivity index (χ1) is 5.93. The van der Waals surface area contributed by atoms with Crippen molar-refractivity contribution >= 4 is 24.7 Å². The molecule has 12 heavy (non-hydrogen) atoms. The minimum absolute atomic E-state index is 0.197. The zero-order chi connectivity index (χ0) is 8.65. The van der Waals surface area contributed by atoms with E-state index in [1.807, 2.05) is 0 Å². The Morgan fingerprint density at radius 3 is 2.50 bits per heavy atom. The average molecular weight is 267 g/mol. The Bertz CT molecular complexity index is 193. The monoisotopic (exact) mass is 268 g/mol. The van der Waals surface area contributed by atoms with E-state index in [2.05, 4.69) is 37.3 Å². The molecule has 64 valence electrons. The Morgan fingerprint density at radius 2 is 1.83 bits per heavy atom. The molecule has 0 aliphatic carbocycles. The minimum atomic E-state index is -0.197. The van der Waals surface area contributed by atoms with Crippen LogP contribution in [0.15, 0.2) is 30.3 Å². The molecular formula is C11H16Sn. The predicted molar refractivity (Wildman–Crippen MR) is 56.2 cm³/mol. The topological polar surface area (TPSA) is 0 Å². The second kappa shape index (κ2) is 6.53. The third-order valence-electron chi connectivity index (χ3n) is 1.88. The fraction of sp³-hybridized carbons (Fsp3) is 0.455. The molecule has 1 aromatic carbocycles. The molecule has 2 radical (unpaired) electrons. The first-order valence-electron chi connectivity index (χ1n) is 4.72. The van der Waals surface area contributed by atoms with E-state index in [1.165, 1.54) is 23.7 Å². The maximum atomic E-state index is 2.29. The van der Waals surface area contributed by atoms with Crippen LogP contribution in [0.3, 0.4) is 0 Å². The molecule has 0 N–H and O–H groups in total. The van der Waals surface area contributed by atoms with Crippen LogP contribution in [0.25, 0.3) is 0 Å². The van der Waals surface area contributed by atoms with Crippen LogP contribution in [0.1, 0.15) is 26.2 Å². The molecule has 0 saturated carbocycles. The van der Waals surface area contributed by atoms with Crippen LogP contribution in [0.5, 0.6) is 0 Å². The van der Waals surface area contributed by atoms with Crippen LogP contribution >= 0.6 is 0 Å². The number of unbranched alkanes of at least 4 members (excludes halogenated alkanes) is 2. The van der Waals surface area contributed by atoms with Crippen molar-refractivity contribution < 1.29 is 0 Å². The van der Waals surface area contributed by atoms with Crippen LogP contribution in [0.4, 0.5) is 0 Å². The molecular weight excluding hydrogens is 251 g/mol. The molecule has 0 aliphatic heterocycles. The fourth-order valence-corrected chi connectivity index (χ4v) is 4.43. The normalized spacial score (nSPS) is 10.1. The van der Waals surface area contributed by atoms with Crippen molar-refractivity contribution in [1.29, 1.82) is 0 Å². The Kier molecular flexibility index (Phi) is 5.49. The fourth-order valence-electron chi connectivity index (χ4n) is 1.16. The summed E-state index contributed by atoms with van der Waals surface area (Å²) >= 11 is -0.197. The van der Waals surface area contributed by atoms with Gasteiger partial charge in [-0.05, 0) is 0 Å². The van der Waals surface area contributed by atoms with Crippen molar-refractivity contribution in [3.05, 3.63) is 30.3 Å². The van der Waals surface area contributed by atoms with Crippen LogP contribution in [0.2, 0.25) is 4.44 Å². The van der Waals surface area contributed by atoms with Gasteiger partial charge in [0.15, 0.2) is 0 Å². The Balaban J connectivity index is 2.16. The van der Waals surface area contributed by atoms with Gasteiger partial charge in [0, 0.05) is 0 Å². The van der Waals surface area contributed by atoms with E-state index in [0.717, 1.165) is 0 Å². The van der Waals surface area contributed by atoms with E-state index in [0.29, 0.717) is 0 Å². The van der Waals surface area contributed by atoms with Crippen molar-refractivity contribution in [2.75, 3.05) is 0 Å². The van der Waals surface area contributed by atoms with Crippen molar-refractivity contribution in [2.24, 2.45) is 0 Å². The van der Waals surface area contributed by atoms with Crippen molar-refractivity contribution in [1.82, 2.24) is 0 Å². The molecule has 0 unspecified atom stereocenters. The summed E-state index contributed by atoms with van der Waals surface area (Å²) in [6, 6.07) is 11.0. The summed E-state index contributed by atoms with van der Waals surface area (Å²) in [5, 5.41) is 0. The van der Waals surface area contributed by atoms with Gasteiger partial charge in [0.1, 0.15) is 0 Å². The van der Waals surface area contributed by atoms with Gasteiger partial charge < -0.3 is 0 Å². The van der Waals surface area contributed by atoms with E-state index in [-0.39, 0.29) is 21.1 Å². The molecule has 0 atom stereocenters. The van der Waals surface area contributed by atoms with Gasteiger partial charge in [-0.25, -0.2) is 0 Å².